The lowest BCUT2D eigenvalue weighted by Crippen LogP contribution is -2.08. The highest BCUT2D eigenvalue weighted by Gasteiger charge is 2.32. The lowest BCUT2D eigenvalue weighted by atomic mass is 10.1. The molecule has 3 rings (SSSR count). The Labute approximate surface area is 155 Å². The van der Waals surface area contributed by atoms with E-state index in [-0.39, 0.29) is 27.4 Å². The van der Waals surface area contributed by atoms with Gasteiger partial charge >= 0.3 is 6.18 Å². The highest BCUT2D eigenvalue weighted by atomic mass is 35.5. The predicted molar refractivity (Wildman–Crippen MR) is 91.0 cm³/mol. The smallest absolute Gasteiger partial charge is 0.417 e. The number of methoxy groups -OCH3 is 1. The number of pyridine rings is 1. The minimum absolute atomic E-state index is 0.0466. The average Bonchev–Trinajstić information content (AvgIpc) is 3.02. The van der Waals surface area contributed by atoms with Gasteiger partial charge in [0.25, 0.3) is 0 Å². The van der Waals surface area contributed by atoms with E-state index in [4.69, 9.17) is 16.3 Å². The van der Waals surface area contributed by atoms with Crippen molar-refractivity contribution >= 4 is 34.8 Å². The molecule has 0 aliphatic heterocycles. The number of carbonyl (C=O) groups excluding carboxylic acids is 1. The van der Waals surface area contributed by atoms with Crippen LogP contribution in [0.1, 0.15) is 15.9 Å². The minimum Gasteiger partial charge on any atom is -0.496 e. The Balaban J connectivity index is 1.87. The zero-order valence-electron chi connectivity index (χ0n) is 13.2. The van der Waals surface area contributed by atoms with E-state index in [0.29, 0.717) is 11.3 Å². The molecule has 5 nitrogen and oxygen atoms in total. The Morgan fingerprint density at radius 2 is 2.04 bits per heavy atom. The molecule has 0 bridgehead atoms. The lowest BCUT2D eigenvalue weighted by Gasteiger charge is -2.09. The fourth-order valence-electron chi connectivity index (χ4n) is 2.27. The molecular formula is C16H11ClF3N3O2S. The third-order valence-electron chi connectivity index (χ3n) is 3.50. The summed E-state index contributed by atoms with van der Waals surface area (Å²) in [5, 5.41) is 7.58. The molecule has 136 valence electrons. The van der Waals surface area contributed by atoms with Gasteiger partial charge in [-0.05, 0) is 18.2 Å². The van der Waals surface area contributed by atoms with Crippen molar-refractivity contribution in [3.8, 4) is 5.75 Å². The number of Topliss-reactive ketones (excluding diaryl/α,β-unsaturated/α-hetero) is 1. The van der Waals surface area contributed by atoms with Crippen LogP contribution in [-0.2, 0) is 6.18 Å². The van der Waals surface area contributed by atoms with Crippen LogP contribution in [0.15, 0.2) is 41.7 Å². The van der Waals surface area contributed by atoms with Crippen molar-refractivity contribution in [3.63, 3.8) is 0 Å². The maximum atomic E-state index is 13.0. The quantitative estimate of drug-likeness (QED) is 0.469. The van der Waals surface area contributed by atoms with E-state index in [1.165, 1.54) is 7.11 Å². The molecule has 0 spiro atoms. The monoisotopic (exact) mass is 401 g/mol. The van der Waals surface area contributed by atoms with Crippen LogP contribution in [0, 0.1) is 0 Å². The van der Waals surface area contributed by atoms with E-state index in [9.17, 15) is 18.0 Å². The first kappa shape index (κ1) is 18.5. The maximum absolute atomic E-state index is 13.0. The number of fused-ring (bicyclic) bond motifs is 1. The van der Waals surface area contributed by atoms with Crippen LogP contribution >= 0.6 is 23.4 Å². The highest BCUT2D eigenvalue weighted by Crippen LogP contribution is 2.33. The summed E-state index contributed by atoms with van der Waals surface area (Å²) in [5.74, 6) is 0.128. The average molecular weight is 402 g/mol. The summed E-state index contributed by atoms with van der Waals surface area (Å²) in [7, 11) is 1.45. The second kappa shape index (κ2) is 7.16. The number of ketones is 1. The molecule has 2 aromatic heterocycles. The number of para-hydroxylation sites is 1. The molecule has 0 N–H and O–H groups in total. The SMILES string of the molecule is COc1ccccc1C(=O)CSc1nnc2c(Cl)cc(C(F)(F)F)cn12. The van der Waals surface area contributed by atoms with E-state index < -0.39 is 11.7 Å². The molecule has 0 saturated carbocycles. The molecule has 0 unspecified atom stereocenters. The number of alkyl halides is 3. The highest BCUT2D eigenvalue weighted by molar-refractivity contribution is 7.99. The number of hydrogen-bond donors (Lipinski definition) is 0. The standard InChI is InChI=1S/C16H11ClF3N3O2S/c1-25-13-5-3-2-4-10(13)12(24)8-26-15-22-21-14-11(17)6-9(7-23(14)15)16(18,19)20/h2-7H,8H2,1H3. The zero-order chi connectivity index (χ0) is 18.9. The number of nitrogens with zero attached hydrogens (tertiary/aromatic N) is 3. The second-order valence-electron chi connectivity index (χ2n) is 5.16. The van der Waals surface area contributed by atoms with Crippen LogP contribution in [0.25, 0.3) is 5.65 Å². The third-order valence-corrected chi connectivity index (χ3v) is 4.72. The van der Waals surface area contributed by atoms with E-state index in [1.54, 1.807) is 24.3 Å². The predicted octanol–water partition coefficient (Wildman–Crippen LogP) is 4.39. The topological polar surface area (TPSA) is 56.5 Å². The summed E-state index contributed by atoms with van der Waals surface area (Å²) in [6.07, 6.45) is -3.70. The van der Waals surface area contributed by atoms with Crippen LogP contribution in [-0.4, -0.2) is 33.2 Å². The fraction of sp³-hybridized carbons (Fsp3) is 0.188. The number of ether oxygens (including phenoxy) is 1. The van der Waals surface area contributed by atoms with Crippen LogP contribution in [0.5, 0.6) is 5.75 Å². The van der Waals surface area contributed by atoms with Gasteiger partial charge in [0.2, 0.25) is 0 Å². The number of rotatable bonds is 5. The van der Waals surface area contributed by atoms with Crippen LogP contribution in [0.3, 0.4) is 0 Å². The Kier molecular flexibility index (Phi) is 5.10. The van der Waals surface area contributed by atoms with Gasteiger partial charge in [-0.15, -0.1) is 10.2 Å². The van der Waals surface area contributed by atoms with E-state index in [0.717, 1.165) is 28.4 Å². The first-order chi connectivity index (χ1) is 12.3. The van der Waals surface area contributed by atoms with Crippen molar-refractivity contribution in [1.29, 1.82) is 0 Å². The molecule has 1 aromatic carbocycles. The first-order valence-corrected chi connectivity index (χ1v) is 8.58. The van der Waals surface area contributed by atoms with Crippen molar-refractivity contribution in [2.75, 3.05) is 12.9 Å². The molecule has 26 heavy (non-hydrogen) atoms. The molecule has 0 aliphatic carbocycles. The normalized spacial score (nSPS) is 11.7. The molecular weight excluding hydrogens is 391 g/mol. The number of benzene rings is 1. The molecule has 3 aromatic rings. The van der Waals surface area contributed by atoms with E-state index in [2.05, 4.69) is 10.2 Å². The molecule has 0 atom stereocenters. The Hall–Kier alpha value is -2.26. The lowest BCUT2D eigenvalue weighted by molar-refractivity contribution is -0.137. The summed E-state index contributed by atoms with van der Waals surface area (Å²) in [6.45, 7) is 0. The van der Waals surface area contributed by atoms with Gasteiger partial charge in [-0.2, -0.15) is 13.2 Å². The summed E-state index contributed by atoms with van der Waals surface area (Å²) in [6, 6.07) is 7.49. The van der Waals surface area contributed by atoms with Crippen LogP contribution < -0.4 is 4.74 Å². The number of aromatic nitrogens is 3. The van der Waals surface area contributed by atoms with E-state index >= 15 is 0 Å². The molecule has 0 radical (unpaired) electrons. The van der Waals surface area contributed by atoms with Gasteiger partial charge in [0.05, 0.1) is 29.0 Å². The second-order valence-corrected chi connectivity index (χ2v) is 6.51. The van der Waals surface area contributed by atoms with Gasteiger partial charge in [0.1, 0.15) is 5.75 Å². The van der Waals surface area contributed by atoms with Crippen molar-refractivity contribution in [1.82, 2.24) is 14.6 Å². The zero-order valence-corrected chi connectivity index (χ0v) is 14.8. The summed E-state index contributed by atoms with van der Waals surface area (Å²) >= 11 is 6.83. The van der Waals surface area contributed by atoms with Gasteiger partial charge in [-0.3, -0.25) is 9.20 Å². The number of thioether (sulfide) groups is 1. The Morgan fingerprint density at radius 1 is 1.31 bits per heavy atom. The van der Waals surface area contributed by atoms with Crippen LogP contribution in [0.4, 0.5) is 13.2 Å². The van der Waals surface area contributed by atoms with Crippen LogP contribution in [0.2, 0.25) is 5.02 Å². The molecule has 0 saturated heterocycles. The van der Waals surface area contributed by atoms with Gasteiger partial charge in [0.15, 0.2) is 16.6 Å². The van der Waals surface area contributed by atoms with Crippen molar-refractivity contribution in [3.05, 3.63) is 52.7 Å². The fourth-order valence-corrected chi connectivity index (χ4v) is 3.31. The molecule has 2 heterocycles. The molecule has 10 heteroatoms. The summed E-state index contributed by atoms with van der Waals surface area (Å²) in [5.41, 5.74) is -0.454. The number of hydrogen-bond acceptors (Lipinski definition) is 5. The summed E-state index contributed by atoms with van der Waals surface area (Å²) < 4.78 is 45.2. The van der Waals surface area contributed by atoms with Gasteiger partial charge in [-0.1, -0.05) is 35.5 Å². The third kappa shape index (κ3) is 3.63. The van der Waals surface area contributed by atoms with Gasteiger partial charge < -0.3 is 4.74 Å². The molecule has 0 aliphatic rings. The van der Waals surface area contributed by atoms with E-state index in [1.807, 2.05) is 0 Å². The summed E-state index contributed by atoms with van der Waals surface area (Å²) in [4.78, 5) is 12.4. The molecule has 0 amide bonds. The van der Waals surface area contributed by atoms with Gasteiger partial charge in [-0.25, -0.2) is 0 Å². The first-order valence-electron chi connectivity index (χ1n) is 7.21. The van der Waals surface area contributed by atoms with Crippen molar-refractivity contribution in [2.24, 2.45) is 0 Å². The van der Waals surface area contributed by atoms with Crippen molar-refractivity contribution in [2.45, 2.75) is 11.3 Å². The largest absolute Gasteiger partial charge is 0.496 e. The Bertz CT molecular complexity index is 975. The van der Waals surface area contributed by atoms with Gasteiger partial charge in [0, 0.05) is 6.20 Å². The minimum atomic E-state index is -4.56. The maximum Gasteiger partial charge on any atom is 0.417 e. The molecule has 0 fully saturated rings. The van der Waals surface area contributed by atoms with Crippen molar-refractivity contribution < 1.29 is 22.7 Å². The Morgan fingerprint density at radius 3 is 2.73 bits per heavy atom. The number of carbonyl (C=O) groups is 1. The number of halogens is 4.